The minimum absolute atomic E-state index is 0.0235. The third-order valence-corrected chi connectivity index (χ3v) is 3.76. The Balaban J connectivity index is 2.48. The number of nitrogens with one attached hydrogen (secondary N) is 2. The summed E-state index contributed by atoms with van der Waals surface area (Å²) in [4.78, 5) is -0.168. The zero-order chi connectivity index (χ0) is 13.2. The maximum Gasteiger partial charge on any atom is 0.263 e. The van der Waals surface area contributed by atoms with Crippen molar-refractivity contribution in [2.24, 2.45) is 0 Å². The van der Waals surface area contributed by atoms with Crippen LogP contribution in [0.3, 0.4) is 0 Å². The number of aromatic amines is 1. The molecule has 92 valence electrons. The molecule has 0 spiro atoms. The van der Waals surface area contributed by atoms with Crippen molar-refractivity contribution in [3.8, 4) is 6.07 Å². The van der Waals surface area contributed by atoms with E-state index >= 15 is 0 Å². The van der Waals surface area contributed by atoms with Gasteiger partial charge in [0, 0.05) is 11.2 Å². The molecule has 0 saturated carbocycles. The third-order valence-electron chi connectivity index (χ3n) is 2.10. The van der Waals surface area contributed by atoms with E-state index in [1.807, 2.05) is 6.07 Å². The van der Waals surface area contributed by atoms with Gasteiger partial charge in [-0.25, -0.2) is 8.42 Å². The molecular formula is C10H7ClN4O2S. The number of hydrogen-bond acceptors (Lipinski definition) is 4. The average molecular weight is 283 g/mol. The zero-order valence-electron chi connectivity index (χ0n) is 8.88. The largest absolute Gasteiger partial charge is 0.284 e. The van der Waals surface area contributed by atoms with E-state index in [2.05, 4.69) is 14.9 Å². The van der Waals surface area contributed by atoms with Crippen LogP contribution < -0.4 is 4.72 Å². The molecule has 6 nitrogen and oxygen atoms in total. The average Bonchev–Trinajstić information content (AvgIpc) is 2.81. The normalized spacial score (nSPS) is 10.9. The molecule has 0 atom stereocenters. The number of nitrogens with zero attached hydrogens (tertiary/aromatic N) is 2. The second-order valence-corrected chi connectivity index (χ2v) is 5.43. The van der Waals surface area contributed by atoms with Gasteiger partial charge in [0.1, 0.15) is 11.0 Å². The van der Waals surface area contributed by atoms with Crippen LogP contribution in [0.15, 0.2) is 35.5 Å². The van der Waals surface area contributed by atoms with E-state index in [4.69, 9.17) is 16.9 Å². The maximum absolute atomic E-state index is 12.1. The summed E-state index contributed by atoms with van der Waals surface area (Å²) < 4.78 is 26.4. The highest BCUT2D eigenvalue weighted by Crippen LogP contribution is 2.22. The van der Waals surface area contributed by atoms with Crippen molar-refractivity contribution in [2.75, 3.05) is 4.72 Å². The lowest BCUT2D eigenvalue weighted by Gasteiger charge is -2.07. The first-order chi connectivity index (χ1) is 8.53. The monoisotopic (exact) mass is 282 g/mol. The maximum atomic E-state index is 12.1. The second kappa shape index (κ2) is 4.68. The number of sulfonamides is 1. The van der Waals surface area contributed by atoms with E-state index in [0.29, 0.717) is 0 Å². The fraction of sp³-hybridized carbons (Fsp3) is 0. The first kappa shape index (κ1) is 12.4. The molecule has 0 aliphatic heterocycles. The summed E-state index contributed by atoms with van der Waals surface area (Å²) in [7, 11) is -3.87. The number of aromatic nitrogens is 2. The van der Waals surface area contributed by atoms with Gasteiger partial charge in [-0.3, -0.25) is 9.82 Å². The smallest absolute Gasteiger partial charge is 0.263 e. The van der Waals surface area contributed by atoms with E-state index in [0.717, 1.165) is 0 Å². The molecule has 0 aliphatic carbocycles. The molecule has 18 heavy (non-hydrogen) atoms. The van der Waals surface area contributed by atoms with Crippen LogP contribution in [0.2, 0.25) is 5.02 Å². The highest BCUT2D eigenvalue weighted by molar-refractivity contribution is 7.92. The molecule has 0 unspecified atom stereocenters. The molecule has 0 radical (unpaired) electrons. The lowest BCUT2D eigenvalue weighted by Crippen LogP contribution is -2.14. The lowest BCUT2D eigenvalue weighted by molar-refractivity contribution is 0.601. The van der Waals surface area contributed by atoms with Gasteiger partial charge in [-0.2, -0.15) is 10.4 Å². The third kappa shape index (κ3) is 2.45. The number of rotatable bonds is 3. The molecule has 0 saturated heterocycles. The number of hydrogen-bond donors (Lipinski definition) is 2. The van der Waals surface area contributed by atoms with Gasteiger partial charge < -0.3 is 0 Å². The Hall–Kier alpha value is -2.04. The van der Waals surface area contributed by atoms with Crippen LogP contribution >= 0.6 is 11.6 Å². The highest BCUT2D eigenvalue weighted by Gasteiger charge is 2.19. The van der Waals surface area contributed by atoms with Gasteiger partial charge in [0.2, 0.25) is 0 Å². The van der Waals surface area contributed by atoms with Crippen molar-refractivity contribution in [3.63, 3.8) is 0 Å². The number of H-pyrrole nitrogens is 1. The van der Waals surface area contributed by atoms with Crippen molar-refractivity contribution in [2.45, 2.75) is 4.90 Å². The molecule has 0 amide bonds. The molecule has 2 N–H and O–H groups in total. The molecule has 0 bridgehead atoms. The molecule has 8 heteroatoms. The Kier molecular flexibility index (Phi) is 3.23. The number of anilines is 1. The van der Waals surface area contributed by atoms with Crippen LogP contribution in [0.5, 0.6) is 0 Å². The van der Waals surface area contributed by atoms with Gasteiger partial charge in [-0.15, -0.1) is 0 Å². The minimum atomic E-state index is -3.87. The molecule has 2 rings (SSSR count). The first-order valence-corrected chi connectivity index (χ1v) is 6.60. The van der Waals surface area contributed by atoms with Gasteiger partial charge in [0.05, 0.1) is 17.4 Å². The summed E-state index contributed by atoms with van der Waals surface area (Å²) >= 11 is 5.74. The van der Waals surface area contributed by atoms with Crippen LogP contribution in [0.1, 0.15) is 5.56 Å². The topological polar surface area (TPSA) is 98.6 Å². The minimum Gasteiger partial charge on any atom is -0.284 e. The van der Waals surface area contributed by atoms with E-state index < -0.39 is 10.0 Å². The van der Waals surface area contributed by atoms with Crippen molar-refractivity contribution >= 4 is 27.3 Å². The van der Waals surface area contributed by atoms with Crippen molar-refractivity contribution in [1.82, 2.24) is 10.2 Å². The Morgan fingerprint density at radius 1 is 1.44 bits per heavy atom. The standard InChI is InChI=1S/C10H7ClN4O2S/c11-8-2-1-7(4-12)10(3-8)18(16,17)15-9-5-13-14-6-9/h1-3,5-6,15H,(H,13,14). The van der Waals surface area contributed by atoms with Gasteiger partial charge in [-0.05, 0) is 18.2 Å². The SMILES string of the molecule is N#Cc1ccc(Cl)cc1S(=O)(=O)Nc1cn[nH]c1. The predicted molar refractivity (Wildman–Crippen MR) is 65.6 cm³/mol. The fourth-order valence-corrected chi connectivity index (χ4v) is 2.78. The molecule has 2 aromatic rings. The molecule has 1 aromatic heterocycles. The molecule has 1 heterocycles. The summed E-state index contributed by atoms with van der Waals surface area (Å²) in [5.41, 5.74) is 0.300. The number of benzene rings is 1. The van der Waals surface area contributed by atoms with Crippen LogP contribution in [-0.2, 0) is 10.0 Å². The lowest BCUT2D eigenvalue weighted by atomic mass is 10.2. The van der Waals surface area contributed by atoms with Crippen LogP contribution in [0.4, 0.5) is 5.69 Å². The summed E-state index contributed by atoms with van der Waals surface area (Å²) in [6.07, 6.45) is 2.70. The predicted octanol–water partition coefficient (Wildman–Crippen LogP) is 1.74. The van der Waals surface area contributed by atoms with Gasteiger partial charge >= 0.3 is 0 Å². The number of nitriles is 1. The Bertz CT molecular complexity index is 704. The first-order valence-electron chi connectivity index (χ1n) is 4.74. The molecule has 0 fully saturated rings. The number of halogens is 1. The van der Waals surface area contributed by atoms with Crippen molar-refractivity contribution in [3.05, 3.63) is 41.2 Å². The van der Waals surface area contributed by atoms with Gasteiger partial charge in [0.15, 0.2) is 0 Å². The Labute approximate surface area is 108 Å². The summed E-state index contributed by atoms with van der Waals surface area (Å²) in [6, 6.07) is 5.84. The molecule has 1 aromatic carbocycles. The van der Waals surface area contributed by atoms with Crippen molar-refractivity contribution in [1.29, 1.82) is 5.26 Å². The van der Waals surface area contributed by atoms with Crippen LogP contribution in [0.25, 0.3) is 0 Å². The van der Waals surface area contributed by atoms with E-state index in [1.54, 1.807) is 0 Å². The van der Waals surface area contributed by atoms with E-state index in [1.165, 1.54) is 30.6 Å². The molecule has 0 aliphatic rings. The van der Waals surface area contributed by atoms with Crippen molar-refractivity contribution < 1.29 is 8.42 Å². The highest BCUT2D eigenvalue weighted by atomic mass is 35.5. The Morgan fingerprint density at radius 2 is 2.22 bits per heavy atom. The summed E-state index contributed by atoms with van der Waals surface area (Å²) in [5, 5.41) is 15.2. The van der Waals surface area contributed by atoms with Gasteiger partial charge in [0.25, 0.3) is 10.0 Å². The summed E-state index contributed by atoms with van der Waals surface area (Å²) in [5.74, 6) is 0. The van der Waals surface area contributed by atoms with Crippen LogP contribution in [0, 0.1) is 11.3 Å². The van der Waals surface area contributed by atoms with Crippen LogP contribution in [-0.4, -0.2) is 18.6 Å². The summed E-state index contributed by atoms with van der Waals surface area (Å²) in [6.45, 7) is 0. The van der Waals surface area contributed by atoms with E-state index in [9.17, 15) is 8.42 Å². The molecular weight excluding hydrogens is 276 g/mol. The fourth-order valence-electron chi connectivity index (χ4n) is 1.33. The van der Waals surface area contributed by atoms with E-state index in [-0.39, 0.29) is 21.2 Å². The zero-order valence-corrected chi connectivity index (χ0v) is 10.5. The second-order valence-electron chi connectivity index (χ2n) is 3.34. The Morgan fingerprint density at radius 3 is 2.83 bits per heavy atom. The van der Waals surface area contributed by atoms with Gasteiger partial charge in [-0.1, -0.05) is 11.6 Å². The quantitative estimate of drug-likeness (QED) is 0.895.